The summed E-state index contributed by atoms with van der Waals surface area (Å²) in [6, 6.07) is 5.15. The summed E-state index contributed by atoms with van der Waals surface area (Å²) in [6.07, 6.45) is 1.99. The highest BCUT2D eigenvalue weighted by Crippen LogP contribution is 2.22. The molecular weight excluding hydrogens is 298 g/mol. The first-order valence-corrected chi connectivity index (χ1v) is 7.86. The Kier molecular flexibility index (Phi) is 5.84. The Morgan fingerprint density at radius 2 is 1.74 bits per heavy atom. The minimum Gasteiger partial charge on any atom is -0.341 e. The molecule has 1 aromatic carbocycles. The zero-order chi connectivity index (χ0) is 16.8. The highest BCUT2D eigenvalue weighted by molar-refractivity contribution is 5.58. The van der Waals surface area contributed by atoms with Gasteiger partial charge in [-0.3, -0.25) is 0 Å². The number of aromatic nitrogens is 2. The predicted molar refractivity (Wildman–Crippen MR) is 89.2 cm³/mol. The summed E-state index contributed by atoms with van der Waals surface area (Å²) in [5, 5.41) is 2.90. The summed E-state index contributed by atoms with van der Waals surface area (Å²) in [5.41, 5.74) is 0.977. The Labute approximate surface area is 135 Å². The van der Waals surface area contributed by atoms with Crippen LogP contribution in [0.5, 0.6) is 0 Å². The largest absolute Gasteiger partial charge is 0.341 e. The lowest BCUT2D eigenvalue weighted by atomic mass is 10.3. The zero-order valence-electron chi connectivity index (χ0n) is 13.7. The van der Waals surface area contributed by atoms with Crippen LogP contribution in [0.15, 0.2) is 24.3 Å². The van der Waals surface area contributed by atoms with E-state index in [1.165, 1.54) is 12.1 Å². The van der Waals surface area contributed by atoms with Crippen molar-refractivity contribution in [2.75, 3.05) is 23.3 Å². The molecule has 0 unspecified atom stereocenters. The summed E-state index contributed by atoms with van der Waals surface area (Å²) in [7, 11) is 0. The standard InChI is InChI=1S/C17H22F2N4/c1-4-8-23(9-5-2)17-20-12(3)10-16(22-17)21-15-7-6-13(18)11-14(15)19/h6-7,10-11H,4-5,8-9H2,1-3H3,(H,20,21,22). The first kappa shape index (κ1) is 17.1. The van der Waals surface area contributed by atoms with Gasteiger partial charge in [-0.1, -0.05) is 13.8 Å². The van der Waals surface area contributed by atoms with Gasteiger partial charge < -0.3 is 10.2 Å². The van der Waals surface area contributed by atoms with Crippen LogP contribution >= 0.6 is 0 Å². The monoisotopic (exact) mass is 320 g/mol. The molecule has 0 atom stereocenters. The van der Waals surface area contributed by atoms with Crippen molar-refractivity contribution < 1.29 is 8.78 Å². The molecule has 1 heterocycles. The number of hydrogen-bond donors (Lipinski definition) is 1. The predicted octanol–water partition coefficient (Wildman–Crippen LogP) is 4.43. The molecule has 23 heavy (non-hydrogen) atoms. The van der Waals surface area contributed by atoms with Gasteiger partial charge in [-0.25, -0.2) is 13.8 Å². The van der Waals surface area contributed by atoms with Crippen molar-refractivity contribution in [3.05, 3.63) is 41.6 Å². The highest BCUT2D eigenvalue weighted by Gasteiger charge is 2.11. The van der Waals surface area contributed by atoms with Crippen LogP contribution in [-0.4, -0.2) is 23.1 Å². The van der Waals surface area contributed by atoms with Crippen molar-refractivity contribution in [3.63, 3.8) is 0 Å². The summed E-state index contributed by atoms with van der Waals surface area (Å²) < 4.78 is 26.8. The molecule has 0 bridgehead atoms. The second-order valence-electron chi connectivity index (χ2n) is 5.43. The Bertz CT molecular complexity index is 655. The van der Waals surface area contributed by atoms with Gasteiger partial charge in [0.15, 0.2) is 0 Å². The number of aryl methyl sites for hydroxylation is 1. The van der Waals surface area contributed by atoms with Crippen LogP contribution in [0.3, 0.4) is 0 Å². The van der Waals surface area contributed by atoms with E-state index in [0.29, 0.717) is 11.8 Å². The van der Waals surface area contributed by atoms with Crippen LogP contribution < -0.4 is 10.2 Å². The van der Waals surface area contributed by atoms with Gasteiger partial charge in [-0.2, -0.15) is 4.98 Å². The third kappa shape index (κ3) is 4.61. The van der Waals surface area contributed by atoms with Gasteiger partial charge in [0.2, 0.25) is 5.95 Å². The molecule has 0 fully saturated rings. The number of hydrogen-bond acceptors (Lipinski definition) is 4. The Hall–Kier alpha value is -2.24. The lowest BCUT2D eigenvalue weighted by Crippen LogP contribution is -2.27. The van der Waals surface area contributed by atoms with Crippen LogP contribution in [0, 0.1) is 18.6 Å². The van der Waals surface area contributed by atoms with E-state index in [4.69, 9.17) is 0 Å². The topological polar surface area (TPSA) is 41.1 Å². The Balaban J connectivity index is 2.28. The Morgan fingerprint density at radius 1 is 1.04 bits per heavy atom. The molecule has 4 nitrogen and oxygen atoms in total. The van der Waals surface area contributed by atoms with Crippen molar-refractivity contribution in [2.45, 2.75) is 33.6 Å². The van der Waals surface area contributed by atoms with Crippen LogP contribution in [0.1, 0.15) is 32.4 Å². The summed E-state index contributed by atoms with van der Waals surface area (Å²) in [6.45, 7) is 7.80. The normalized spacial score (nSPS) is 10.7. The first-order chi connectivity index (χ1) is 11.0. The van der Waals surface area contributed by atoms with Gasteiger partial charge in [0.1, 0.15) is 17.5 Å². The van der Waals surface area contributed by atoms with E-state index < -0.39 is 11.6 Å². The van der Waals surface area contributed by atoms with Gasteiger partial charge in [0.25, 0.3) is 0 Å². The molecule has 6 heteroatoms. The average molecular weight is 320 g/mol. The maximum atomic E-state index is 13.8. The molecule has 124 valence electrons. The lowest BCUT2D eigenvalue weighted by molar-refractivity contribution is 0.586. The molecule has 1 N–H and O–H groups in total. The molecule has 0 spiro atoms. The molecular formula is C17H22F2N4. The van der Waals surface area contributed by atoms with E-state index in [-0.39, 0.29) is 5.69 Å². The summed E-state index contributed by atoms with van der Waals surface area (Å²) in [5.74, 6) is -0.139. The molecule has 0 amide bonds. The molecule has 0 aliphatic heterocycles. The van der Waals surface area contributed by atoms with Gasteiger partial charge in [0, 0.05) is 30.9 Å². The van der Waals surface area contributed by atoms with E-state index in [1.54, 1.807) is 6.07 Å². The molecule has 0 aliphatic carbocycles. The molecule has 0 saturated heterocycles. The SMILES string of the molecule is CCCN(CCC)c1nc(C)cc(Nc2ccc(F)cc2F)n1. The van der Waals surface area contributed by atoms with Crippen LogP contribution in [0.2, 0.25) is 0 Å². The second kappa shape index (κ2) is 7.85. The smallest absolute Gasteiger partial charge is 0.227 e. The molecule has 1 aromatic heterocycles. The van der Waals surface area contributed by atoms with E-state index in [2.05, 4.69) is 34.0 Å². The maximum absolute atomic E-state index is 13.8. The average Bonchev–Trinajstić information content (AvgIpc) is 2.49. The quantitative estimate of drug-likeness (QED) is 0.819. The van der Waals surface area contributed by atoms with E-state index in [9.17, 15) is 8.78 Å². The summed E-state index contributed by atoms with van der Waals surface area (Å²) >= 11 is 0. The van der Waals surface area contributed by atoms with Crippen molar-refractivity contribution in [1.82, 2.24) is 9.97 Å². The Morgan fingerprint density at radius 3 is 2.35 bits per heavy atom. The zero-order valence-corrected chi connectivity index (χ0v) is 13.7. The summed E-state index contributed by atoms with van der Waals surface area (Å²) in [4.78, 5) is 11.1. The fraction of sp³-hybridized carbons (Fsp3) is 0.412. The van der Waals surface area contributed by atoms with Crippen LogP contribution in [0.4, 0.5) is 26.2 Å². The molecule has 2 aromatic rings. The molecule has 2 rings (SSSR count). The van der Waals surface area contributed by atoms with Gasteiger partial charge in [-0.05, 0) is 31.9 Å². The van der Waals surface area contributed by atoms with Crippen molar-refractivity contribution in [1.29, 1.82) is 0 Å². The third-order valence-corrected chi connectivity index (χ3v) is 3.31. The second-order valence-corrected chi connectivity index (χ2v) is 5.43. The van der Waals surface area contributed by atoms with E-state index in [1.807, 2.05) is 6.92 Å². The number of benzene rings is 1. The third-order valence-electron chi connectivity index (χ3n) is 3.31. The van der Waals surface area contributed by atoms with Crippen molar-refractivity contribution in [3.8, 4) is 0 Å². The minimum atomic E-state index is -0.651. The lowest BCUT2D eigenvalue weighted by Gasteiger charge is -2.22. The van der Waals surface area contributed by atoms with Crippen molar-refractivity contribution in [2.24, 2.45) is 0 Å². The van der Waals surface area contributed by atoms with Gasteiger partial charge >= 0.3 is 0 Å². The molecule has 0 aliphatic rings. The number of nitrogens with one attached hydrogen (secondary N) is 1. The number of nitrogens with zero attached hydrogens (tertiary/aromatic N) is 3. The number of anilines is 3. The van der Waals surface area contributed by atoms with Crippen LogP contribution in [-0.2, 0) is 0 Å². The highest BCUT2D eigenvalue weighted by atomic mass is 19.1. The van der Waals surface area contributed by atoms with Gasteiger partial charge in [-0.15, -0.1) is 0 Å². The number of rotatable bonds is 7. The molecule has 0 radical (unpaired) electrons. The first-order valence-electron chi connectivity index (χ1n) is 7.86. The van der Waals surface area contributed by atoms with Gasteiger partial charge in [0.05, 0.1) is 5.69 Å². The maximum Gasteiger partial charge on any atom is 0.227 e. The fourth-order valence-electron chi connectivity index (χ4n) is 2.34. The fourth-order valence-corrected chi connectivity index (χ4v) is 2.34. The molecule has 0 saturated carbocycles. The minimum absolute atomic E-state index is 0.188. The van der Waals surface area contributed by atoms with E-state index >= 15 is 0 Å². The van der Waals surface area contributed by atoms with Crippen LogP contribution in [0.25, 0.3) is 0 Å². The van der Waals surface area contributed by atoms with E-state index in [0.717, 1.165) is 37.7 Å². The number of halogens is 2. The van der Waals surface area contributed by atoms with Crippen molar-refractivity contribution >= 4 is 17.5 Å².